The maximum absolute atomic E-state index is 11.9. The quantitative estimate of drug-likeness (QED) is 0.678. The van der Waals surface area contributed by atoms with E-state index < -0.39 is 0 Å². The Labute approximate surface area is 126 Å². The number of rotatable bonds is 4. The predicted molar refractivity (Wildman–Crippen MR) is 85.4 cm³/mol. The van der Waals surface area contributed by atoms with Gasteiger partial charge < -0.3 is 4.74 Å². The Balaban J connectivity index is 1.60. The number of ether oxygens (including phenoxy) is 1. The standard InChI is InChI=1S/C17H13NO2S/c19-17(14-8-9-15-16(11-14)21-12-18-15)20-10-4-7-13-5-2-1-3-6-13/h1-9,11-12H,10H2/b7-4+. The first-order valence-electron chi connectivity index (χ1n) is 6.55. The SMILES string of the molecule is O=C(OC/C=C/c1ccccc1)c1ccc2ncsc2c1. The van der Waals surface area contributed by atoms with Crippen molar-refractivity contribution in [3.8, 4) is 0 Å². The Hall–Kier alpha value is -2.46. The van der Waals surface area contributed by atoms with Gasteiger partial charge in [-0.1, -0.05) is 36.4 Å². The molecule has 0 fully saturated rings. The number of hydrogen-bond donors (Lipinski definition) is 0. The van der Waals surface area contributed by atoms with Gasteiger partial charge in [0.25, 0.3) is 0 Å². The zero-order chi connectivity index (χ0) is 14.5. The van der Waals surface area contributed by atoms with E-state index in [1.54, 1.807) is 11.6 Å². The second kappa shape index (κ2) is 6.33. The summed E-state index contributed by atoms with van der Waals surface area (Å²) in [7, 11) is 0. The van der Waals surface area contributed by atoms with Gasteiger partial charge in [0.1, 0.15) is 6.61 Å². The van der Waals surface area contributed by atoms with E-state index in [4.69, 9.17) is 4.74 Å². The van der Waals surface area contributed by atoms with Crippen molar-refractivity contribution in [1.29, 1.82) is 0 Å². The molecule has 0 aliphatic carbocycles. The van der Waals surface area contributed by atoms with Crippen LogP contribution in [0.25, 0.3) is 16.3 Å². The number of aromatic nitrogens is 1. The zero-order valence-corrected chi connectivity index (χ0v) is 12.0. The van der Waals surface area contributed by atoms with Crippen LogP contribution in [0.15, 0.2) is 60.1 Å². The fraction of sp³-hybridized carbons (Fsp3) is 0.0588. The largest absolute Gasteiger partial charge is 0.458 e. The summed E-state index contributed by atoms with van der Waals surface area (Å²) < 4.78 is 6.22. The second-order valence-corrected chi connectivity index (χ2v) is 5.33. The van der Waals surface area contributed by atoms with Gasteiger partial charge in [-0.15, -0.1) is 11.3 Å². The highest BCUT2D eigenvalue weighted by Crippen LogP contribution is 2.19. The lowest BCUT2D eigenvalue weighted by Crippen LogP contribution is -2.04. The van der Waals surface area contributed by atoms with Crippen molar-refractivity contribution in [2.45, 2.75) is 0 Å². The van der Waals surface area contributed by atoms with E-state index in [1.807, 2.05) is 54.6 Å². The van der Waals surface area contributed by atoms with E-state index in [0.29, 0.717) is 5.56 Å². The van der Waals surface area contributed by atoms with E-state index in [0.717, 1.165) is 15.8 Å². The van der Waals surface area contributed by atoms with Crippen LogP contribution >= 0.6 is 11.3 Å². The Morgan fingerprint density at radius 1 is 1.19 bits per heavy atom. The molecule has 104 valence electrons. The van der Waals surface area contributed by atoms with Crippen LogP contribution in [-0.4, -0.2) is 17.6 Å². The van der Waals surface area contributed by atoms with E-state index in [2.05, 4.69) is 4.98 Å². The molecule has 0 radical (unpaired) electrons. The van der Waals surface area contributed by atoms with Crippen LogP contribution in [0.3, 0.4) is 0 Å². The highest BCUT2D eigenvalue weighted by molar-refractivity contribution is 7.16. The Morgan fingerprint density at radius 3 is 2.90 bits per heavy atom. The number of carbonyl (C=O) groups is 1. The molecule has 0 N–H and O–H groups in total. The van der Waals surface area contributed by atoms with Gasteiger partial charge >= 0.3 is 5.97 Å². The summed E-state index contributed by atoms with van der Waals surface area (Å²) in [4.78, 5) is 16.1. The summed E-state index contributed by atoms with van der Waals surface area (Å²) in [6.07, 6.45) is 3.76. The van der Waals surface area contributed by atoms with Gasteiger partial charge in [0.05, 0.1) is 21.3 Å². The number of hydrogen-bond acceptors (Lipinski definition) is 4. The molecule has 0 aliphatic heterocycles. The van der Waals surface area contributed by atoms with Gasteiger partial charge in [0.15, 0.2) is 0 Å². The molecule has 0 aliphatic rings. The number of nitrogens with zero attached hydrogens (tertiary/aromatic N) is 1. The van der Waals surface area contributed by atoms with Crippen molar-refractivity contribution in [2.24, 2.45) is 0 Å². The summed E-state index contributed by atoms with van der Waals surface area (Å²) in [5.74, 6) is -0.317. The van der Waals surface area contributed by atoms with Gasteiger partial charge in [-0.2, -0.15) is 0 Å². The molecular weight excluding hydrogens is 282 g/mol. The second-order valence-electron chi connectivity index (χ2n) is 4.45. The molecule has 1 heterocycles. The summed E-state index contributed by atoms with van der Waals surface area (Å²) in [6.45, 7) is 0.258. The van der Waals surface area contributed by atoms with Crippen molar-refractivity contribution in [1.82, 2.24) is 4.98 Å². The third-order valence-electron chi connectivity index (χ3n) is 2.99. The monoisotopic (exact) mass is 295 g/mol. The molecule has 0 spiro atoms. The van der Waals surface area contributed by atoms with E-state index in [-0.39, 0.29) is 12.6 Å². The van der Waals surface area contributed by atoms with Crippen LogP contribution in [0.1, 0.15) is 15.9 Å². The van der Waals surface area contributed by atoms with Crippen molar-refractivity contribution >= 4 is 33.6 Å². The van der Waals surface area contributed by atoms with E-state index in [1.165, 1.54) is 11.3 Å². The molecule has 0 bridgehead atoms. The lowest BCUT2D eigenvalue weighted by molar-refractivity contribution is 0.0550. The fourth-order valence-electron chi connectivity index (χ4n) is 1.94. The smallest absolute Gasteiger partial charge is 0.338 e. The molecule has 2 aromatic carbocycles. The molecule has 0 amide bonds. The fourth-order valence-corrected chi connectivity index (χ4v) is 2.65. The minimum absolute atomic E-state index is 0.258. The molecule has 3 aromatic rings. The maximum Gasteiger partial charge on any atom is 0.338 e. The lowest BCUT2D eigenvalue weighted by atomic mass is 10.2. The van der Waals surface area contributed by atoms with E-state index in [9.17, 15) is 4.79 Å². The van der Waals surface area contributed by atoms with Crippen molar-refractivity contribution < 1.29 is 9.53 Å². The molecule has 0 saturated heterocycles. The maximum atomic E-state index is 11.9. The Morgan fingerprint density at radius 2 is 2.05 bits per heavy atom. The Bertz CT molecular complexity index is 778. The third kappa shape index (κ3) is 3.35. The molecule has 0 saturated carbocycles. The predicted octanol–water partition coefficient (Wildman–Crippen LogP) is 4.17. The summed E-state index contributed by atoms with van der Waals surface area (Å²) >= 11 is 1.51. The average Bonchev–Trinajstić information content (AvgIpc) is 3.00. The van der Waals surface area contributed by atoms with E-state index >= 15 is 0 Å². The molecule has 21 heavy (non-hydrogen) atoms. The topological polar surface area (TPSA) is 39.2 Å². The van der Waals surface area contributed by atoms with Gasteiger partial charge in [-0.25, -0.2) is 9.78 Å². The van der Waals surface area contributed by atoms with Crippen LogP contribution in [0.2, 0.25) is 0 Å². The number of fused-ring (bicyclic) bond motifs is 1. The highest BCUT2D eigenvalue weighted by atomic mass is 32.1. The van der Waals surface area contributed by atoms with Crippen LogP contribution in [-0.2, 0) is 4.74 Å². The highest BCUT2D eigenvalue weighted by Gasteiger charge is 2.07. The molecule has 1 aromatic heterocycles. The molecule has 0 unspecified atom stereocenters. The van der Waals surface area contributed by atoms with Crippen LogP contribution in [0.4, 0.5) is 0 Å². The van der Waals surface area contributed by atoms with Crippen LogP contribution < -0.4 is 0 Å². The first-order chi connectivity index (χ1) is 10.3. The van der Waals surface area contributed by atoms with Gasteiger partial charge in [-0.05, 0) is 29.8 Å². The number of thiazole rings is 1. The zero-order valence-electron chi connectivity index (χ0n) is 11.2. The third-order valence-corrected chi connectivity index (χ3v) is 3.78. The van der Waals surface area contributed by atoms with Crippen LogP contribution in [0, 0.1) is 0 Å². The molecule has 4 heteroatoms. The minimum Gasteiger partial charge on any atom is -0.458 e. The minimum atomic E-state index is -0.317. The number of esters is 1. The lowest BCUT2D eigenvalue weighted by Gasteiger charge is -2.01. The van der Waals surface area contributed by atoms with Crippen LogP contribution in [0.5, 0.6) is 0 Å². The van der Waals surface area contributed by atoms with Crippen molar-refractivity contribution in [3.63, 3.8) is 0 Å². The number of carbonyl (C=O) groups excluding carboxylic acids is 1. The number of benzene rings is 2. The van der Waals surface area contributed by atoms with Gasteiger partial charge in [0, 0.05) is 0 Å². The molecule has 3 nitrogen and oxygen atoms in total. The molecule has 0 atom stereocenters. The van der Waals surface area contributed by atoms with Gasteiger partial charge in [-0.3, -0.25) is 0 Å². The summed E-state index contributed by atoms with van der Waals surface area (Å²) in [6, 6.07) is 15.3. The Kier molecular flexibility index (Phi) is 4.07. The summed E-state index contributed by atoms with van der Waals surface area (Å²) in [5.41, 5.74) is 4.31. The van der Waals surface area contributed by atoms with Crippen molar-refractivity contribution in [2.75, 3.05) is 6.61 Å². The van der Waals surface area contributed by atoms with Gasteiger partial charge in [0.2, 0.25) is 0 Å². The average molecular weight is 295 g/mol. The molecular formula is C17H13NO2S. The first-order valence-corrected chi connectivity index (χ1v) is 7.43. The van der Waals surface area contributed by atoms with Crippen molar-refractivity contribution in [3.05, 3.63) is 71.2 Å². The normalized spacial score (nSPS) is 11.0. The first kappa shape index (κ1) is 13.5. The summed E-state index contributed by atoms with van der Waals surface area (Å²) in [5, 5.41) is 0. The molecule has 3 rings (SSSR count).